The van der Waals surface area contributed by atoms with Crippen molar-refractivity contribution >= 4 is 5.91 Å². The number of aliphatic hydroxyl groups is 1. The van der Waals surface area contributed by atoms with Gasteiger partial charge in [0.2, 0.25) is 5.91 Å². The monoisotopic (exact) mass is 437 g/mol. The lowest BCUT2D eigenvalue weighted by atomic mass is 9.89. The van der Waals surface area contributed by atoms with Gasteiger partial charge in [0.1, 0.15) is 0 Å². The minimum atomic E-state index is -0.235. The average Bonchev–Trinajstić information content (AvgIpc) is 3.31. The number of carbonyl (C=O) groups excluding carboxylic acids is 1. The summed E-state index contributed by atoms with van der Waals surface area (Å²) >= 11 is 0. The molecule has 4 nitrogen and oxygen atoms in total. The van der Waals surface area contributed by atoms with Gasteiger partial charge in [-0.05, 0) is 74.8 Å². The van der Waals surface area contributed by atoms with Crippen LogP contribution in [-0.4, -0.2) is 48.3 Å². The quantitative estimate of drug-likeness (QED) is 0.444. The number of benzene rings is 1. The van der Waals surface area contributed by atoms with Crippen LogP contribution >= 0.6 is 0 Å². The number of nitrogens with zero attached hydrogens (tertiary/aromatic N) is 1. The highest BCUT2D eigenvalue weighted by molar-refractivity contribution is 5.76. The van der Waals surface area contributed by atoms with Gasteiger partial charge in [0.15, 0.2) is 0 Å². The number of hydrogen-bond donors (Lipinski definition) is 1. The molecule has 0 aromatic heterocycles. The summed E-state index contributed by atoms with van der Waals surface area (Å²) in [6.45, 7) is 5.09. The van der Waals surface area contributed by atoms with Crippen LogP contribution in [0.1, 0.15) is 56.1 Å². The third kappa shape index (κ3) is 6.11. The van der Waals surface area contributed by atoms with Crippen LogP contribution in [0, 0.1) is 24.7 Å². The van der Waals surface area contributed by atoms with Gasteiger partial charge in [-0.3, -0.25) is 4.79 Å². The maximum absolute atomic E-state index is 12.3. The van der Waals surface area contributed by atoms with E-state index in [9.17, 15) is 9.90 Å². The average molecular weight is 438 g/mol. The second-order valence-corrected chi connectivity index (χ2v) is 9.94. The van der Waals surface area contributed by atoms with E-state index < -0.39 is 0 Å². The van der Waals surface area contributed by atoms with Gasteiger partial charge < -0.3 is 14.7 Å². The molecule has 1 amide bonds. The molecular weight excluding hydrogens is 398 g/mol. The molecular formula is C28H39NO3. The second-order valence-electron chi connectivity index (χ2n) is 9.94. The van der Waals surface area contributed by atoms with Gasteiger partial charge in [-0.25, -0.2) is 0 Å². The van der Waals surface area contributed by atoms with E-state index in [0.29, 0.717) is 31.5 Å². The summed E-state index contributed by atoms with van der Waals surface area (Å²) in [6.07, 6.45) is 14.6. The number of piperidine rings is 1. The summed E-state index contributed by atoms with van der Waals surface area (Å²) in [6, 6.07) is 8.70. The van der Waals surface area contributed by atoms with Crippen LogP contribution in [0.5, 0.6) is 0 Å². The number of amides is 1. The van der Waals surface area contributed by atoms with E-state index in [0.717, 1.165) is 51.6 Å². The molecule has 2 fully saturated rings. The fraction of sp³-hybridized carbons (Fsp3) is 0.607. The highest BCUT2D eigenvalue weighted by Crippen LogP contribution is 2.47. The molecule has 32 heavy (non-hydrogen) atoms. The van der Waals surface area contributed by atoms with E-state index in [1.807, 2.05) is 4.90 Å². The first-order valence-electron chi connectivity index (χ1n) is 12.6. The molecule has 0 radical (unpaired) electrons. The van der Waals surface area contributed by atoms with Crippen molar-refractivity contribution in [3.8, 4) is 0 Å². The number of carbonyl (C=O) groups is 1. The number of aryl methyl sites for hydroxylation is 2. The summed E-state index contributed by atoms with van der Waals surface area (Å²) in [5.74, 6) is 1.44. The summed E-state index contributed by atoms with van der Waals surface area (Å²) < 4.78 is 5.87. The third-order valence-electron chi connectivity index (χ3n) is 7.45. The Bertz CT molecular complexity index is 824. The van der Waals surface area contributed by atoms with Crippen molar-refractivity contribution in [2.75, 3.05) is 26.3 Å². The molecule has 4 heteroatoms. The van der Waals surface area contributed by atoms with Gasteiger partial charge >= 0.3 is 0 Å². The Hall–Kier alpha value is -1.91. The predicted molar refractivity (Wildman–Crippen MR) is 128 cm³/mol. The Morgan fingerprint density at radius 3 is 2.91 bits per heavy atom. The normalized spacial score (nSPS) is 27.7. The van der Waals surface area contributed by atoms with Crippen LogP contribution in [0.15, 0.2) is 48.1 Å². The molecule has 0 spiro atoms. The fourth-order valence-electron chi connectivity index (χ4n) is 5.75. The lowest BCUT2D eigenvalue weighted by Gasteiger charge is -2.26. The molecule has 1 aromatic carbocycles. The van der Waals surface area contributed by atoms with E-state index in [1.54, 1.807) is 0 Å². The zero-order chi connectivity index (χ0) is 22.3. The first-order valence-corrected chi connectivity index (χ1v) is 12.6. The minimum Gasteiger partial charge on any atom is -0.392 e. The van der Waals surface area contributed by atoms with Gasteiger partial charge in [0.05, 0.1) is 25.7 Å². The first kappa shape index (κ1) is 23.3. The van der Waals surface area contributed by atoms with Crippen LogP contribution in [0.2, 0.25) is 0 Å². The molecule has 0 bridgehead atoms. The Labute approximate surface area is 193 Å². The lowest BCUT2D eigenvalue weighted by Crippen LogP contribution is -2.36. The smallest absolute Gasteiger partial charge is 0.224 e. The van der Waals surface area contributed by atoms with Crippen molar-refractivity contribution in [2.24, 2.45) is 17.8 Å². The van der Waals surface area contributed by atoms with Gasteiger partial charge in [-0.15, -0.1) is 0 Å². The van der Waals surface area contributed by atoms with E-state index in [4.69, 9.17) is 4.74 Å². The van der Waals surface area contributed by atoms with Crippen molar-refractivity contribution in [1.82, 2.24) is 4.90 Å². The molecule has 1 saturated carbocycles. The molecule has 1 N–H and O–H groups in total. The van der Waals surface area contributed by atoms with Crippen molar-refractivity contribution in [1.29, 1.82) is 0 Å². The van der Waals surface area contributed by atoms with Crippen molar-refractivity contribution in [2.45, 2.75) is 64.4 Å². The topological polar surface area (TPSA) is 49.8 Å². The van der Waals surface area contributed by atoms with Crippen LogP contribution in [0.25, 0.3) is 0 Å². The molecule has 174 valence electrons. The Balaban J connectivity index is 1.17. The molecule has 4 rings (SSSR count). The van der Waals surface area contributed by atoms with E-state index in [2.05, 4.69) is 49.4 Å². The van der Waals surface area contributed by atoms with Crippen molar-refractivity contribution < 1.29 is 14.6 Å². The zero-order valence-electron chi connectivity index (χ0n) is 19.5. The van der Waals surface area contributed by atoms with Gasteiger partial charge in [0.25, 0.3) is 0 Å². The summed E-state index contributed by atoms with van der Waals surface area (Å²) in [7, 11) is 0. The van der Waals surface area contributed by atoms with E-state index >= 15 is 0 Å². The Kier molecular flexibility index (Phi) is 8.20. The van der Waals surface area contributed by atoms with Gasteiger partial charge in [-0.2, -0.15) is 0 Å². The minimum absolute atomic E-state index is 0.235. The summed E-state index contributed by atoms with van der Waals surface area (Å²) in [5.41, 5.74) is 4.03. The lowest BCUT2D eigenvalue weighted by molar-refractivity contribution is -0.133. The number of aliphatic hydroxyl groups excluding tert-OH is 1. The fourth-order valence-corrected chi connectivity index (χ4v) is 5.75. The predicted octanol–water partition coefficient (Wildman–Crippen LogP) is 4.85. The number of fused-ring (bicyclic) bond motifs is 1. The van der Waals surface area contributed by atoms with Crippen molar-refractivity contribution in [3.05, 3.63) is 59.2 Å². The van der Waals surface area contributed by atoms with Crippen molar-refractivity contribution in [3.63, 3.8) is 0 Å². The molecule has 1 heterocycles. The Morgan fingerprint density at radius 2 is 2.09 bits per heavy atom. The SMILES string of the molecule is Cc1cccc(CC/C=C/[C@@H]2[C@H]3CC(COCCC(=O)N4CCCCC4)=C[C@H]3C[C@H]2O)c1. The number of allylic oxidation sites excluding steroid dienone is 2. The summed E-state index contributed by atoms with van der Waals surface area (Å²) in [4.78, 5) is 14.3. The molecule has 0 unspecified atom stereocenters. The molecule has 1 aliphatic heterocycles. The number of hydrogen-bond acceptors (Lipinski definition) is 3. The number of ether oxygens (including phenoxy) is 1. The third-order valence-corrected chi connectivity index (χ3v) is 7.45. The standard InChI is InChI=1S/C28H39NO3/c1-21-8-7-10-22(16-21)9-3-4-11-25-26-18-23(17-24(26)19-27(25)30)20-32-15-12-28(31)29-13-5-2-6-14-29/h4,7-8,10-11,16-17,24-27,30H,2-3,5-6,9,12-15,18-20H2,1H3/b11-4+/t24-,25+,26-,27+/m0/s1. The van der Waals surface area contributed by atoms with Gasteiger partial charge in [0, 0.05) is 19.0 Å². The maximum Gasteiger partial charge on any atom is 0.224 e. The van der Waals surface area contributed by atoms with Crippen LogP contribution in [0.4, 0.5) is 0 Å². The Morgan fingerprint density at radius 1 is 1.25 bits per heavy atom. The summed E-state index contributed by atoms with van der Waals surface area (Å²) in [5, 5.41) is 10.6. The van der Waals surface area contributed by atoms with E-state index in [1.165, 1.54) is 23.1 Å². The van der Waals surface area contributed by atoms with Gasteiger partial charge in [-0.1, -0.05) is 48.1 Å². The highest BCUT2D eigenvalue weighted by Gasteiger charge is 2.43. The maximum atomic E-state index is 12.3. The highest BCUT2D eigenvalue weighted by atomic mass is 16.5. The largest absolute Gasteiger partial charge is 0.392 e. The van der Waals surface area contributed by atoms with Crippen LogP contribution in [-0.2, 0) is 16.0 Å². The molecule has 4 atom stereocenters. The number of likely N-dealkylation sites (tertiary alicyclic amines) is 1. The molecule has 3 aliphatic rings. The molecule has 1 saturated heterocycles. The first-order chi connectivity index (χ1) is 15.6. The molecule has 1 aromatic rings. The van der Waals surface area contributed by atoms with Crippen LogP contribution < -0.4 is 0 Å². The van der Waals surface area contributed by atoms with E-state index in [-0.39, 0.29) is 17.9 Å². The van der Waals surface area contributed by atoms with Crippen LogP contribution in [0.3, 0.4) is 0 Å². The second kappa shape index (κ2) is 11.3. The number of rotatable bonds is 9. The molecule has 2 aliphatic carbocycles. The zero-order valence-corrected chi connectivity index (χ0v) is 19.5.